The minimum Gasteiger partial charge on any atom is -0.341 e. The van der Waals surface area contributed by atoms with E-state index in [-0.39, 0.29) is 11.8 Å². The molecule has 9 heteroatoms. The van der Waals surface area contributed by atoms with Crippen LogP contribution >= 0.6 is 27.5 Å². The molecule has 3 saturated heterocycles. The van der Waals surface area contributed by atoms with Crippen LogP contribution in [0.15, 0.2) is 53.3 Å². The number of aromatic nitrogens is 2. The number of piperidine rings is 1. The van der Waals surface area contributed by atoms with Gasteiger partial charge in [-0.25, -0.2) is 9.97 Å². The van der Waals surface area contributed by atoms with E-state index in [2.05, 4.69) is 49.9 Å². The fourth-order valence-corrected chi connectivity index (χ4v) is 7.54. The fourth-order valence-electron chi connectivity index (χ4n) is 6.98. The molecule has 0 unspecified atom stereocenters. The zero-order valence-corrected chi connectivity index (χ0v) is 27.3. The molecule has 1 aromatic heterocycles. The lowest BCUT2D eigenvalue weighted by Gasteiger charge is -2.32. The van der Waals surface area contributed by atoms with E-state index in [0.29, 0.717) is 41.4 Å². The Bertz CT molecular complexity index is 1470. The molecule has 43 heavy (non-hydrogen) atoms. The van der Waals surface area contributed by atoms with Gasteiger partial charge in [0.25, 0.3) is 11.8 Å². The quantitative estimate of drug-likeness (QED) is 0.301. The smallest absolute Gasteiger partial charge is 0.254 e. The van der Waals surface area contributed by atoms with Gasteiger partial charge in [-0.1, -0.05) is 30.7 Å². The van der Waals surface area contributed by atoms with Crippen molar-refractivity contribution in [1.82, 2.24) is 19.8 Å². The average molecular weight is 665 g/mol. The Labute approximate surface area is 267 Å². The fraction of sp³-hybridized carbons (Fsp3) is 0.471. The number of aryl methyl sites for hydroxylation is 2. The van der Waals surface area contributed by atoms with Gasteiger partial charge in [0.1, 0.15) is 0 Å². The lowest BCUT2D eigenvalue weighted by molar-refractivity contribution is 0.0733. The summed E-state index contributed by atoms with van der Waals surface area (Å²) in [5.74, 6) is 2.27. The van der Waals surface area contributed by atoms with E-state index in [9.17, 15) is 9.59 Å². The summed E-state index contributed by atoms with van der Waals surface area (Å²) in [6, 6.07) is 12.0. The van der Waals surface area contributed by atoms with Crippen molar-refractivity contribution in [1.29, 1.82) is 0 Å². The molecule has 4 heterocycles. The summed E-state index contributed by atoms with van der Waals surface area (Å²) >= 11 is 9.69. The van der Waals surface area contributed by atoms with Crippen LogP contribution in [0.3, 0.4) is 0 Å². The Kier molecular flexibility index (Phi) is 9.05. The Balaban J connectivity index is 1.04. The highest BCUT2D eigenvalue weighted by Crippen LogP contribution is 2.35. The van der Waals surface area contributed by atoms with E-state index in [0.717, 1.165) is 85.4 Å². The van der Waals surface area contributed by atoms with Crippen molar-refractivity contribution in [2.24, 2.45) is 11.8 Å². The van der Waals surface area contributed by atoms with E-state index in [1.807, 2.05) is 53.4 Å². The normalized spacial score (nSPS) is 21.1. The molecule has 0 spiro atoms. The third kappa shape index (κ3) is 6.46. The molecule has 2 aromatic carbocycles. The predicted octanol–water partition coefficient (Wildman–Crippen LogP) is 6.77. The SMILES string of the molecule is CCc1cnc(N2CCC(c3cccc(C(=O)N4C[C@H]5CCN(C(=O)c6cc(Br)c(Cl)cc6C)CC[C@H]5C4)c3)CC2)nc1. The summed E-state index contributed by atoms with van der Waals surface area (Å²) in [6.07, 6.45) is 8.67. The van der Waals surface area contributed by atoms with Crippen molar-refractivity contribution >= 4 is 45.3 Å². The molecule has 0 bridgehead atoms. The number of carbonyl (C=O) groups is 2. The second kappa shape index (κ2) is 12.9. The first kappa shape index (κ1) is 30.1. The highest BCUT2D eigenvalue weighted by molar-refractivity contribution is 9.10. The second-order valence-corrected chi connectivity index (χ2v) is 13.6. The molecule has 0 aliphatic carbocycles. The number of fused-ring (bicyclic) bond motifs is 1. The molecule has 0 saturated carbocycles. The summed E-state index contributed by atoms with van der Waals surface area (Å²) in [7, 11) is 0. The van der Waals surface area contributed by atoms with Crippen LogP contribution in [0.5, 0.6) is 0 Å². The topological polar surface area (TPSA) is 69.6 Å². The van der Waals surface area contributed by atoms with Crippen molar-refractivity contribution in [3.8, 4) is 0 Å². The third-order valence-electron chi connectivity index (χ3n) is 9.67. The molecule has 2 atom stereocenters. The van der Waals surface area contributed by atoms with Crippen LogP contribution in [0, 0.1) is 18.8 Å². The molecule has 226 valence electrons. The molecule has 3 aliphatic heterocycles. The van der Waals surface area contributed by atoms with Gasteiger partial charge in [0.05, 0.1) is 5.02 Å². The van der Waals surface area contributed by atoms with Crippen LogP contribution in [0.2, 0.25) is 5.02 Å². The minimum atomic E-state index is 0.0624. The molecule has 0 N–H and O–H groups in total. The van der Waals surface area contributed by atoms with E-state index in [1.165, 1.54) is 5.56 Å². The molecular formula is C34H39BrClN5O2. The predicted molar refractivity (Wildman–Crippen MR) is 174 cm³/mol. The van der Waals surface area contributed by atoms with Crippen LogP contribution in [-0.2, 0) is 6.42 Å². The third-order valence-corrected chi connectivity index (χ3v) is 10.9. The van der Waals surface area contributed by atoms with Gasteiger partial charge in [0.2, 0.25) is 5.95 Å². The maximum atomic E-state index is 13.7. The Hall–Kier alpha value is -2.97. The number of halogens is 2. The summed E-state index contributed by atoms with van der Waals surface area (Å²) in [5.41, 5.74) is 4.78. The molecule has 0 radical (unpaired) electrons. The largest absolute Gasteiger partial charge is 0.341 e. The summed E-state index contributed by atoms with van der Waals surface area (Å²) < 4.78 is 0.741. The standard InChI is InChI=1S/C34H39BrClN5O2/c1-3-23-18-37-34(38-19-23)40-13-7-24(8-14-40)25-5-4-6-26(16-25)32(42)41-20-27-9-11-39(12-10-28(27)21-41)33(43)29-17-30(35)31(36)15-22(29)2/h4-6,15-19,24,27-28H,3,7-14,20-21H2,1-2H3/t27-,28+. The molecule has 3 aliphatic rings. The number of hydrogen-bond donors (Lipinski definition) is 0. The second-order valence-electron chi connectivity index (χ2n) is 12.3. The molecule has 3 aromatic rings. The van der Waals surface area contributed by atoms with Gasteiger partial charge in [0.15, 0.2) is 0 Å². The molecular weight excluding hydrogens is 626 g/mol. The number of nitrogens with zero attached hydrogens (tertiary/aromatic N) is 5. The van der Waals surface area contributed by atoms with Crippen LogP contribution in [0.25, 0.3) is 0 Å². The zero-order valence-electron chi connectivity index (χ0n) is 24.9. The number of likely N-dealkylation sites (tertiary alicyclic amines) is 2. The minimum absolute atomic E-state index is 0.0624. The van der Waals surface area contributed by atoms with Gasteiger partial charge in [-0.3, -0.25) is 9.59 Å². The lowest BCUT2D eigenvalue weighted by atomic mass is 9.88. The number of anilines is 1. The van der Waals surface area contributed by atoms with Crippen LogP contribution in [0.4, 0.5) is 5.95 Å². The van der Waals surface area contributed by atoms with Gasteiger partial charge >= 0.3 is 0 Å². The summed E-state index contributed by atoms with van der Waals surface area (Å²) in [5, 5.41) is 0.615. The average Bonchev–Trinajstić information content (AvgIpc) is 3.34. The van der Waals surface area contributed by atoms with Crippen LogP contribution in [0.1, 0.15) is 75.9 Å². The number of hydrogen-bond acceptors (Lipinski definition) is 5. The van der Waals surface area contributed by atoms with Gasteiger partial charge in [0, 0.05) is 67.3 Å². The van der Waals surface area contributed by atoms with Crippen molar-refractivity contribution in [2.45, 2.75) is 51.9 Å². The van der Waals surface area contributed by atoms with Gasteiger partial charge in [-0.05, 0) is 114 Å². The summed E-state index contributed by atoms with van der Waals surface area (Å²) in [4.78, 5) is 42.5. The van der Waals surface area contributed by atoms with E-state index in [4.69, 9.17) is 11.6 Å². The highest BCUT2D eigenvalue weighted by atomic mass is 79.9. The van der Waals surface area contributed by atoms with E-state index < -0.39 is 0 Å². The number of carbonyl (C=O) groups excluding carboxylic acids is 2. The molecule has 3 fully saturated rings. The lowest BCUT2D eigenvalue weighted by Crippen LogP contribution is -2.35. The number of amides is 2. The molecule has 2 amide bonds. The van der Waals surface area contributed by atoms with Crippen molar-refractivity contribution in [2.75, 3.05) is 44.2 Å². The van der Waals surface area contributed by atoms with Crippen LogP contribution < -0.4 is 4.90 Å². The maximum Gasteiger partial charge on any atom is 0.254 e. The number of benzene rings is 2. The first-order valence-electron chi connectivity index (χ1n) is 15.5. The zero-order chi connectivity index (χ0) is 30.1. The molecule has 7 nitrogen and oxygen atoms in total. The Morgan fingerprint density at radius 3 is 2.23 bits per heavy atom. The van der Waals surface area contributed by atoms with E-state index >= 15 is 0 Å². The number of rotatable bonds is 5. The van der Waals surface area contributed by atoms with Crippen LogP contribution in [-0.4, -0.2) is 70.9 Å². The highest BCUT2D eigenvalue weighted by Gasteiger charge is 2.38. The van der Waals surface area contributed by atoms with Gasteiger partial charge in [-0.2, -0.15) is 0 Å². The van der Waals surface area contributed by atoms with Gasteiger partial charge in [-0.15, -0.1) is 0 Å². The van der Waals surface area contributed by atoms with Crippen molar-refractivity contribution in [3.63, 3.8) is 0 Å². The van der Waals surface area contributed by atoms with Crippen molar-refractivity contribution < 1.29 is 9.59 Å². The van der Waals surface area contributed by atoms with E-state index in [1.54, 1.807) is 0 Å². The molecule has 6 rings (SSSR count). The monoisotopic (exact) mass is 663 g/mol. The summed E-state index contributed by atoms with van der Waals surface area (Å²) in [6.45, 7) is 8.82. The van der Waals surface area contributed by atoms with Gasteiger partial charge < -0.3 is 14.7 Å². The van der Waals surface area contributed by atoms with Crippen molar-refractivity contribution in [3.05, 3.63) is 86.1 Å². The maximum absolute atomic E-state index is 13.7. The first-order chi connectivity index (χ1) is 20.8. The Morgan fingerprint density at radius 1 is 0.907 bits per heavy atom. The Morgan fingerprint density at radius 2 is 1.58 bits per heavy atom. The first-order valence-corrected chi connectivity index (χ1v) is 16.7.